The van der Waals surface area contributed by atoms with Crippen LogP contribution in [-0.2, 0) is 0 Å². The second-order valence-electron chi connectivity index (χ2n) is 13.6. The van der Waals surface area contributed by atoms with E-state index in [9.17, 15) is 0 Å². The van der Waals surface area contributed by atoms with Crippen LogP contribution >= 0.6 is 0 Å². The fourth-order valence-electron chi connectivity index (χ4n) is 5.97. The molecule has 0 aliphatic heterocycles. The zero-order valence-corrected chi connectivity index (χ0v) is 28.9. The van der Waals surface area contributed by atoms with Gasteiger partial charge in [0.1, 0.15) is 0 Å². The van der Waals surface area contributed by atoms with Gasteiger partial charge in [-0.3, -0.25) is 0 Å². The third-order valence-corrected chi connectivity index (χ3v) is 9.06. The molecule has 40 heavy (non-hydrogen) atoms. The first-order valence-corrected chi connectivity index (χ1v) is 18.5. The Balaban J connectivity index is 3.59. The van der Waals surface area contributed by atoms with E-state index < -0.39 is 0 Å². The molecule has 0 aromatic heterocycles. The number of hydrogen-bond donors (Lipinski definition) is 0. The van der Waals surface area contributed by atoms with Crippen LogP contribution in [0.25, 0.3) is 0 Å². The quantitative estimate of drug-likeness (QED) is 0.0603. The van der Waals surface area contributed by atoms with Crippen molar-refractivity contribution in [1.29, 1.82) is 0 Å². The van der Waals surface area contributed by atoms with Gasteiger partial charge in [-0.1, -0.05) is 168 Å². The molecule has 0 bridgehead atoms. The van der Waals surface area contributed by atoms with Crippen LogP contribution in [0.2, 0.25) is 0 Å². The van der Waals surface area contributed by atoms with E-state index in [0.717, 1.165) is 17.9 Å². The lowest BCUT2D eigenvalue weighted by Gasteiger charge is -2.24. The molecule has 0 aromatic carbocycles. The Kier molecular flexibility index (Phi) is 30.9. The summed E-state index contributed by atoms with van der Waals surface area (Å²) >= 11 is 0. The van der Waals surface area contributed by atoms with Crippen LogP contribution in [0.3, 0.4) is 0 Å². The summed E-state index contributed by atoms with van der Waals surface area (Å²) in [6.45, 7) is 9.44. The smallest absolute Gasteiger partial charge is 0.00891 e. The first-order valence-electron chi connectivity index (χ1n) is 18.5. The zero-order chi connectivity index (χ0) is 29.5. The van der Waals surface area contributed by atoms with Gasteiger partial charge in [-0.2, -0.15) is 0 Å². The van der Waals surface area contributed by atoms with Gasteiger partial charge >= 0.3 is 0 Å². The molecule has 0 aliphatic rings. The van der Waals surface area contributed by atoms with Crippen LogP contribution in [0.1, 0.15) is 195 Å². The topological polar surface area (TPSA) is 3.24 Å². The summed E-state index contributed by atoms with van der Waals surface area (Å²) in [6.07, 6.45) is 45.9. The Bertz CT molecular complexity index is 533. The molecule has 238 valence electrons. The van der Waals surface area contributed by atoms with Crippen molar-refractivity contribution in [3.8, 4) is 0 Å². The molecular weight excluding hydrogens is 482 g/mol. The number of rotatable bonds is 31. The third kappa shape index (κ3) is 29.0. The van der Waals surface area contributed by atoms with E-state index >= 15 is 0 Å². The first kappa shape index (κ1) is 39.4. The highest BCUT2D eigenvalue weighted by Crippen LogP contribution is 2.19. The Morgan fingerprint density at radius 2 is 0.775 bits per heavy atom. The highest BCUT2D eigenvalue weighted by atomic mass is 15.1. The fraction of sp³-hybridized carbons (Fsp3) is 0.897. The van der Waals surface area contributed by atoms with E-state index in [-0.39, 0.29) is 0 Å². The monoisotopic (exact) mass is 560 g/mol. The summed E-state index contributed by atoms with van der Waals surface area (Å²) in [4.78, 5) is 2.50. The molecule has 0 aliphatic carbocycles. The van der Waals surface area contributed by atoms with Crippen molar-refractivity contribution in [3.63, 3.8) is 0 Å². The van der Waals surface area contributed by atoms with Crippen LogP contribution in [0, 0.1) is 11.8 Å². The molecule has 3 unspecified atom stereocenters. The van der Waals surface area contributed by atoms with Gasteiger partial charge in [0.25, 0.3) is 0 Å². The summed E-state index contributed by atoms with van der Waals surface area (Å²) in [7, 11) is 4.59. The molecule has 0 radical (unpaired) electrons. The van der Waals surface area contributed by atoms with Gasteiger partial charge in [0.2, 0.25) is 0 Å². The summed E-state index contributed by atoms with van der Waals surface area (Å²) in [6, 6.07) is 0.797. The maximum atomic E-state index is 2.50. The Hall–Kier alpha value is -0.560. The van der Waals surface area contributed by atoms with E-state index in [0.29, 0.717) is 0 Å². The number of hydrogen-bond acceptors (Lipinski definition) is 1. The molecule has 0 spiro atoms. The predicted octanol–water partition coefficient (Wildman–Crippen LogP) is 13.5. The van der Waals surface area contributed by atoms with Gasteiger partial charge in [-0.15, -0.1) is 0 Å². The van der Waals surface area contributed by atoms with Gasteiger partial charge in [0, 0.05) is 6.04 Å². The first-order chi connectivity index (χ1) is 19.5. The number of unbranched alkanes of at least 4 members (excludes halogenated alkanes) is 16. The summed E-state index contributed by atoms with van der Waals surface area (Å²) in [5.74, 6) is 1.74. The predicted molar refractivity (Wildman–Crippen MR) is 185 cm³/mol. The average Bonchev–Trinajstić information content (AvgIpc) is 2.93. The largest absolute Gasteiger partial charge is 0.306 e. The molecule has 0 rings (SSSR count). The van der Waals surface area contributed by atoms with Gasteiger partial charge in [0.15, 0.2) is 0 Å². The average molecular weight is 560 g/mol. The van der Waals surface area contributed by atoms with Crippen molar-refractivity contribution in [1.82, 2.24) is 4.90 Å². The molecular formula is C39H77N. The van der Waals surface area contributed by atoms with Gasteiger partial charge in [-0.25, -0.2) is 0 Å². The second-order valence-corrected chi connectivity index (χ2v) is 13.6. The molecule has 1 nitrogen and oxygen atoms in total. The molecule has 0 heterocycles. The van der Waals surface area contributed by atoms with Crippen molar-refractivity contribution < 1.29 is 0 Å². The van der Waals surface area contributed by atoms with Crippen molar-refractivity contribution >= 4 is 0 Å². The van der Waals surface area contributed by atoms with Crippen LogP contribution in [0.4, 0.5) is 0 Å². The minimum Gasteiger partial charge on any atom is -0.306 e. The van der Waals surface area contributed by atoms with Crippen LogP contribution in [0.5, 0.6) is 0 Å². The van der Waals surface area contributed by atoms with Crippen LogP contribution < -0.4 is 0 Å². The molecule has 0 fully saturated rings. The highest BCUT2D eigenvalue weighted by molar-refractivity contribution is 4.84. The summed E-state index contributed by atoms with van der Waals surface area (Å²) < 4.78 is 0. The molecule has 0 saturated heterocycles. The van der Waals surface area contributed by atoms with Gasteiger partial charge in [-0.05, 0) is 77.3 Å². The fourth-order valence-corrected chi connectivity index (χ4v) is 5.97. The lowest BCUT2D eigenvalue weighted by atomic mass is 9.97. The molecule has 0 amide bonds. The lowest BCUT2D eigenvalue weighted by Crippen LogP contribution is -2.27. The van der Waals surface area contributed by atoms with E-state index in [1.54, 1.807) is 0 Å². The van der Waals surface area contributed by atoms with E-state index in [2.05, 4.69) is 71.0 Å². The zero-order valence-electron chi connectivity index (χ0n) is 28.9. The SMILES string of the molecule is CCCCC/C=C\CC(C)CCCCCCCCC(CCCCCCCC/C=C\CC(C)CCCCC)N(C)C. The molecule has 0 aromatic rings. The Morgan fingerprint density at radius 1 is 0.425 bits per heavy atom. The molecule has 1 heteroatoms. The van der Waals surface area contributed by atoms with E-state index in [1.165, 1.54) is 167 Å². The number of nitrogens with zero attached hydrogens (tertiary/aromatic N) is 1. The second kappa shape index (κ2) is 31.4. The van der Waals surface area contributed by atoms with Crippen LogP contribution in [-0.4, -0.2) is 25.0 Å². The van der Waals surface area contributed by atoms with Crippen molar-refractivity contribution in [2.45, 2.75) is 201 Å². The summed E-state index contributed by atoms with van der Waals surface area (Å²) in [5, 5.41) is 0. The maximum absolute atomic E-state index is 2.50. The molecule has 0 N–H and O–H groups in total. The van der Waals surface area contributed by atoms with Crippen molar-refractivity contribution in [3.05, 3.63) is 24.3 Å². The minimum atomic E-state index is 0.797. The van der Waals surface area contributed by atoms with Crippen LogP contribution in [0.15, 0.2) is 24.3 Å². The maximum Gasteiger partial charge on any atom is 0.00891 e. The number of allylic oxidation sites excluding steroid dienone is 4. The highest BCUT2D eigenvalue weighted by Gasteiger charge is 2.10. The molecule has 3 atom stereocenters. The summed E-state index contributed by atoms with van der Waals surface area (Å²) in [5.41, 5.74) is 0. The van der Waals surface area contributed by atoms with Crippen molar-refractivity contribution in [2.24, 2.45) is 11.8 Å². The lowest BCUT2D eigenvalue weighted by molar-refractivity contribution is 0.251. The Morgan fingerprint density at radius 3 is 1.23 bits per heavy atom. The minimum absolute atomic E-state index is 0.797. The Labute approximate surface area is 255 Å². The van der Waals surface area contributed by atoms with Gasteiger partial charge in [0.05, 0.1) is 0 Å². The molecule has 0 saturated carbocycles. The standard InChI is InChI=1S/C39H77N/c1-7-9-11-12-20-26-33-38(4)34-28-22-18-19-24-30-36-39(40(5)6)35-29-23-17-15-13-14-16-21-27-32-37(3)31-25-10-8-2/h20-21,26-27,37-39H,7-19,22-25,28-36H2,1-6H3/b26-20-,27-21-. The van der Waals surface area contributed by atoms with Gasteiger partial charge < -0.3 is 4.90 Å². The van der Waals surface area contributed by atoms with Crippen molar-refractivity contribution in [2.75, 3.05) is 14.1 Å². The normalized spacial score (nSPS) is 14.6. The third-order valence-electron chi connectivity index (χ3n) is 9.06. The van der Waals surface area contributed by atoms with E-state index in [1.807, 2.05) is 0 Å². The van der Waals surface area contributed by atoms with E-state index in [4.69, 9.17) is 0 Å².